The Labute approximate surface area is 114 Å². The summed E-state index contributed by atoms with van der Waals surface area (Å²) < 4.78 is 25.3. The molecular formula is C10H15N3O6S. The highest BCUT2D eigenvalue weighted by Crippen LogP contribution is 2.15. The summed E-state index contributed by atoms with van der Waals surface area (Å²) in [5.74, 6) is -1.34. The van der Waals surface area contributed by atoms with E-state index in [0.29, 0.717) is 10.7 Å². The predicted molar refractivity (Wildman–Crippen MR) is 69.0 cm³/mol. The zero-order valence-electron chi connectivity index (χ0n) is 10.9. The Morgan fingerprint density at radius 1 is 1.45 bits per heavy atom. The van der Waals surface area contributed by atoms with Gasteiger partial charge in [-0.3, -0.25) is 14.6 Å². The highest BCUT2D eigenvalue weighted by atomic mass is 32.2. The van der Waals surface area contributed by atoms with Gasteiger partial charge in [-0.05, 0) is 13.3 Å². The van der Waals surface area contributed by atoms with Gasteiger partial charge in [0.15, 0.2) is 4.90 Å². The molecule has 0 aromatic carbocycles. The van der Waals surface area contributed by atoms with E-state index < -0.39 is 44.7 Å². The number of rotatable bonds is 6. The van der Waals surface area contributed by atoms with Gasteiger partial charge in [-0.25, -0.2) is 13.2 Å². The number of carbonyl (C=O) groups is 1. The smallest absolute Gasteiger partial charge is 0.325 e. The first-order valence-electron chi connectivity index (χ1n) is 5.75. The molecule has 0 amide bonds. The summed E-state index contributed by atoms with van der Waals surface area (Å²) in [5.41, 5.74) is -1.94. The van der Waals surface area contributed by atoms with Gasteiger partial charge in [0.05, 0.1) is 0 Å². The van der Waals surface area contributed by atoms with E-state index >= 15 is 0 Å². The number of hydrogen-bond acceptors (Lipinski definition) is 5. The minimum absolute atomic E-state index is 0.369. The van der Waals surface area contributed by atoms with Crippen molar-refractivity contribution in [3.8, 4) is 0 Å². The third kappa shape index (κ3) is 3.33. The Morgan fingerprint density at radius 2 is 2.05 bits per heavy atom. The maximum Gasteiger partial charge on any atom is 0.325 e. The fourth-order valence-corrected chi connectivity index (χ4v) is 3.18. The van der Waals surface area contributed by atoms with Gasteiger partial charge in [0.1, 0.15) is 6.54 Å². The van der Waals surface area contributed by atoms with Crippen LogP contribution in [0.4, 0.5) is 0 Å². The van der Waals surface area contributed by atoms with Crippen LogP contribution in [0.1, 0.15) is 20.3 Å². The molecule has 0 bridgehead atoms. The second kappa shape index (κ2) is 6.01. The lowest BCUT2D eigenvalue weighted by molar-refractivity contribution is -0.137. The molecule has 0 radical (unpaired) electrons. The first-order valence-corrected chi connectivity index (χ1v) is 7.19. The van der Waals surface area contributed by atoms with E-state index in [9.17, 15) is 22.8 Å². The molecule has 1 aromatic heterocycles. The number of carboxylic acid groups (broad SMARTS) is 1. The van der Waals surface area contributed by atoms with E-state index in [4.69, 9.17) is 5.11 Å². The first kappa shape index (κ1) is 16.1. The number of aromatic amines is 2. The lowest BCUT2D eigenvalue weighted by Gasteiger charge is -2.25. The average molecular weight is 305 g/mol. The number of hydrogen-bond donors (Lipinski definition) is 3. The van der Waals surface area contributed by atoms with E-state index in [0.717, 1.165) is 6.20 Å². The lowest BCUT2D eigenvalue weighted by atomic mass is 10.2. The van der Waals surface area contributed by atoms with Gasteiger partial charge < -0.3 is 10.1 Å². The molecule has 0 spiro atoms. The standard InChI is InChI=1S/C10H15N3O6S/c1-3-6(2)13(5-8(14)15)20(18,19)7-4-11-10(17)12-9(7)16/h4,6H,3,5H2,1-2H3,(H,14,15)(H2,11,12,16,17). The van der Waals surface area contributed by atoms with Gasteiger partial charge in [-0.1, -0.05) is 6.92 Å². The average Bonchev–Trinajstić information content (AvgIpc) is 2.34. The zero-order valence-corrected chi connectivity index (χ0v) is 11.7. The molecule has 0 aliphatic carbocycles. The molecule has 0 fully saturated rings. The molecule has 1 atom stereocenters. The van der Waals surface area contributed by atoms with Crippen molar-refractivity contribution in [2.24, 2.45) is 0 Å². The van der Waals surface area contributed by atoms with Crippen molar-refractivity contribution in [2.75, 3.05) is 6.54 Å². The van der Waals surface area contributed by atoms with Crippen LogP contribution >= 0.6 is 0 Å². The number of aromatic nitrogens is 2. The Morgan fingerprint density at radius 3 is 2.50 bits per heavy atom. The molecule has 1 rings (SSSR count). The maximum atomic E-state index is 12.3. The highest BCUT2D eigenvalue weighted by molar-refractivity contribution is 7.89. The third-order valence-corrected chi connectivity index (χ3v) is 4.71. The predicted octanol–water partition coefficient (Wildman–Crippen LogP) is -1.06. The first-order chi connectivity index (χ1) is 9.20. The van der Waals surface area contributed by atoms with Crippen LogP contribution in [0.2, 0.25) is 0 Å². The summed E-state index contributed by atoms with van der Waals surface area (Å²) in [4.78, 5) is 36.4. The van der Waals surface area contributed by atoms with Crippen LogP contribution in [0.5, 0.6) is 0 Å². The van der Waals surface area contributed by atoms with Crippen molar-refractivity contribution in [1.82, 2.24) is 14.3 Å². The summed E-state index contributed by atoms with van der Waals surface area (Å²) >= 11 is 0. The SMILES string of the molecule is CCC(C)N(CC(=O)O)S(=O)(=O)c1c[nH]c(=O)[nH]c1=O. The minimum atomic E-state index is -4.32. The van der Waals surface area contributed by atoms with Crippen LogP contribution < -0.4 is 11.2 Å². The molecule has 1 heterocycles. The summed E-state index contributed by atoms with van der Waals surface area (Å²) in [6, 6.07) is -0.609. The molecule has 0 saturated heterocycles. The van der Waals surface area contributed by atoms with E-state index in [1.165, 1.54) is 6.92 Å². The van der Waals surface area contributed by atoms with Gasteiger partial charge in [0.2, 0.25) is 0 Å². The van der Waals surface area contributed by atoms with E-state index in [1.807, 2.05) is 4.98 Å². The van der Waals surface area contributed by atoms with Crippen molar-refractivity contribution in [2.45, 2.75) is 31.2 Å². The molecule has 0 saturated carbocycles. The van der Waals surface area contributed by atoms with E-state index in [2.05, 4.69) is 0 Å². The quantitative estimate of drug-likeness (QED) is 0.611. The van der Waals surface area contributed by atoms with Gasteiger partial charge in [0, 0.05) is 12.2 Å². The molecular weight excluding hydrogens is 290 g/mol. The molecule has 0 aliphatic rings. The van der Waals surface area contributed by atoms with Crippen molar-refractivity contribution < 1.29 is 18.3 Å². The monoisotopic (exact) mass is 305 g/mol. The number of sulfonamides is 1. The highest BCUT2D eigenvalue weighted by Gasteiger charge is 2.32. The van der Waals surface area contributed by atoms with Crippen LogP contribution in [0.25, 0.3) is 0 Å². The van der Waals surface area contributed by atoms with Gasteiger partial charge in [-0.2, -0.15) is 4.31 Å². The topological polar surface area (TPSA) is 140 Å². The molecule has 112 valence electrons. The second-order valence-electron chi connectivity index (χ2n) is 4.14. The Balaban J connectivity index is 3.39. The fourth-order valence-electron chi connectivity index (χ4n) is 1.53. The molecule has 3 N–H and O–H groups in total. The van der Waals surface area contributed by atoms with Gasteiger partial charge >= 0.3 is 11.7 Å². The van der Waals surface area contributed by atoms with Crippen LogP contribution in [-0.2, 0) is 14.8 Å². The number of aliphatic carboxylic acids is 1. The van der Waals surface area contributed by atoms with Crippen LogP contribution in [0.3, 0.4) is 0 Å². The lowest BCUT2D eigenvalue weighted by Crippen LogP contribution is -2.44. The van der Waals surface area contributed by atoms with Gasteiger partial charge in [0.25, 0.3) is 15.6 Å². The molecule has 20 heavy (non-hydrogen) atoms. The third-order valence-electron chi connectivity index (χ3n) is 2.75. The Kier molecular flexibility index (Phi) is 4.84. The zero-order chi connectivity index (χ0) is 15.5. The largest absolute Gasteiger partial charge is 0.480 e. The van der Waals surface area contributed by atoms with E-state index in [1.54, 1.807) is 11.9 Å². The number of H-pyrrole nitrogens is 2. The Hall–Kier alpha value is -1.94. The summed E-state index contributed by atoms with van der Waals surface area (Å²) in [6.07, 6.45) is 1.13. The van der Waals surface area contributed by atoms with Crippen molar-refractivity contribution in [3.05, 3.63) is 27.0 Å². The van der Waals surface area contributed by atoms with Crippen LogP contribution in [0, 0.1) is 0 Å². The van der Waals surface area contributed by atoms with Crippen LogP contribution in [0.15, 0.2) is 20.7 Å². The summed E-state index contributed by atoms with van der Waals surface area (Å²) in [7, 11) is -4.32. The fraction of sp³-hybridized carbons (Fsp3) is 0.500. The second-order valence-corrected chi connectivity index (χ2v) is 6.00. The van der Waals surface area contributed by atoms with Crippen molar-refractivity contribution in [1.29, 1.82) is 0 Å². The number of carboxylic acids is 1. The minimum Gasteiger partial charge on any atom is -0.480 e. The maximum absolute atomic E-state index is 12.3. The molecule has 10 heteroatoms. The summed E-state index contributed by atoms with van der Waals surface area (Å²) in [6.45, 7) is 2.45. The number of nitrogens with zero attached hydrogens (tertiary/aromatic N) is 1. The molecule has 1 aromatic rings. The van der Waals surface area contributed by atoms with Crippen molar-refractivity contribution >= 4 is 16.0 Å². The van der Waals surface area contributed by atoms with Crippen LogP contribution in [-0.4, -0.2) is 46.4 Å². The summed E-state index contributed by atoms with van der Waals surface area (Å²) in [5, 5.41) is 8.80. The Bertz CT molecular complexity index is 704. The number of nitrogens with one attached hydrogen (secondary N) is 2. The molecule has 1 unspecified atom stereocenters. The molecule has 0 aliphatic heterocycles. The van der Waals surface area contributed by atoms with E-state index in [-0.39, 0.29) is 0 Å². The van der Waals surface area contributed by atoms with Gasteiger partial charge in [-0.15, -0.1) is 0 Å². The molecule has 9 nitrogen and oxygen atoms in total. The normalized spacial score (nSPS) is 13.3. The van der Waals surface area contributed by atoms with Crippen molar-refractivity contribution in [3.63, 3.8) is 0 Å².